The average Bonchev–Trinajstić information content (AvgIpc) is 3.43. The van der Waals surface area contributed by atoms with Crippen LogP contribution in [0.25, 0.3) is 28.5 Å². The molecule has 0 saturated carbocycles. The Bertz CT molecular complexity index is 1400. The first-order valence-corrected chi connectivity index (χ1v) is 9.75. The van der Waals surface area contributed by atoms with Gasteiger partial charge in [0.2, 0.25) is 11.5 Å². The molecule has 4 heterocycles. The number of pyridine rings is 2. The van der Waals surface area contributed by atoms with Crippen molar-refractivity contribution >= 4 is 17.2 Å². The van der Waals surface area contributed by atoms with Crippen LogP contribution >= 0.6 is 0 Å². The van der Waals surface area contributed by atoms with Gasteiger partial charge in [0.25, 0.3) is 17.4 Å². The van der Waals surface area contributed by atoms with Gasteiger partial charge >= 0.3 is 0 Å². The van der Waals surface area contributed by atoms with E-state index in [1.165, 1.54) is 0 Å². The van der Waals surface area contributed by atoms with Crippen molar-refractivity contribution in [2.75, 3.05) is 5.32 Å². The van der Waals surface area contributed by atoms with Crippen molar-refractivity contribution in [3.05, 3.63) is 84.1 Å². The number of hydrogen-bond acceptors (Lipinski definition) is 5. The molecule has 0 saturated heterocycles. The van der Waals surface area contributed by atoms with Gasteiger partial charge in [-0.05, 0) is 49.7 Å². The van der Waals surface area contributed by atoms with Gasteiger partial charge in [0.05, 0.1) is 6.20 Å². The largest absolute Gasteiger partial charge is 0.334 e. The van der Waals surface area contributed by atoms with Crippen LogP contribution in [0.2, 0.25) is 0 Å². The molecule has 5 aromatic rings. The van der Waals surface area contributed by atoms with E-state index >= 15 is 0 Å². The molecular weight excluding hydrogens is 392 g/mol. The summed E-state index contributed by atoms with van der Waals surface area (Å²) in [5.41, 5.74) is 5.34. The van der Waals surface area contributed by atoms with Crippen LogP contribution in [-0.4, -0.2) is 26.0 Å². The van der Waals surface area contributed by atoms with Crippen molar-refractivity contribution in [1.29, 1.82) is 0 Å². The third kappa shape index (κ3) is 3.55. The molecule has 5 rings (SSSR count). The normalized spacial score (nSPS) is 11.0. The summed E-state index contributed by atoms with van der Waals surface area (Å²) in [5.74, 6) is 0.607. The Morgan fingerprint density at radius 2 is 1.97 bits per heavy atom. The van der Waals surface area contributed by atoms with Crippen molar-refractivity contribution < 1.29 is 13.7 Å². The number of anilines is 1. The van der Waals surface area contributed by atoms with Crippen LogP contribution in [0.1, 0.15) is 21.7 Å². The van der Waals surface area contributed by atoms with Crippen molar-refractivity contribution in [2.45, 2.75) is 13.8 Å². The fraction of sp³-hybridized carbons (Fsp3) is 0.0870. The Kier molecular flexibility index (Phi) is 4.51. The molecule has 1 aromatic carbocycles. The summed E-state index contributed by atoms with van der Waals surface area (Å²) in [5, 5.41) is 7.04. The summed E-state index contributed by atoms with van der Waals surface area (Å²) >= 11 is 0. The number of imidazole rings is 1. The van der Waals surface area contributed by atoms with Crippen molar-refractivity contribution in [3.63, 3.8) is 0 Å². The van der Waals surface area contributed by atoms with Crippen LogP contribution in [0, 0.1) is 13.8 Å². The fourth-order valence-electron chi connectivity index (χ4n) is 3.29. The first-order chi connectivity index (χ1) is 15.1. The SMILES string of the molecule is Cc1ccc(-c2noc(-c3ccc(C)c(NC(=O)c4c[nH]c5cccc[n+]45)c3)n2)cn1. The first-order valence-electron chi connectivity index (χ1n) is 9.75. The van der Waals surface area contributed by atoms with Crippen molar-refractivity contribution in [1.82, 2.24) is 20.1 Å². The van der Waals surface area contributed by atoms with Crippen LogP contribution in [0.3, 0.4) is 0 Å². The summed E-state index contributed by atoms with van der Waals surface area (Å²) in [6.45, 7) is 3.85. The maximum Gasteiger partial charge on any atom is 0.299 e. The number of aryl methyl sites for hydroxylation is 2. The predicted octanol–water partition coefficient (Wildman–Crippen LogP) is 3.73. The zero-order valence-electron chi connectivity index (χ0n) is 17.0. The molecule has 0 bridgehead atoms. The quantitative estimate of drug-likeness (QED) is 0.439. The number of aromatic amines is 1. The molecule has 4 aromatic heterocycles. The molecule has 0 aliphatic heterocycles. The van der Waals surface area contributed by atoms with Gasteiger partial charge in [-0.25, -0.2) is 4.98 Å². The predicted molar refractivity (Wildman–Crippen MR) is 114 cm³/mol. The number of nitrogens with zero attached hydrogens (tertiary/aromatic N) is 4. The van der Waals surface area contributed by atoms with E-state index in [1.54, 1.807) is 16.8 Å². The number of hydrogen-bond donors (Lipinski definition) is 2. The van der Waals surface area contributed by atoms with Gasteiger partial charge in [-0.2, -0.15) is 9.38 Å². The molecule has 152 valence electrons. The molecule has 0 aliphatic rings. The second kappa shape index (κ2) is 7.49. The Labute approximate surface area is 177 Å². The summed E-state index contributed by atoms with van der Waals surface area (Å²) in [6.07, 6.45) is 5.23. The van der Waals surface area contributed by atoms with Gasteiger partial charge in [-0.1, -0.05) is 17.3 Å². The van der Waals surface area contributed by atoms with E-state index < -0.39 is 0 Å². The molecule has 0 aliphatic carbocycles. The van der Waals surface area contributed by atoms with Gasteiger partial charge in [-0.15, -0.1) is 0 Å². The fourth-order valence-corrected chi connectivity index (χ4v) is 3.29. The monoisotopic (exact) mass is 411 g/mol. The summed E-state index contributed by atoms with van der Waals surface area (Å²) in [6, 6.07) is 15.1. The van der Waals surface area contributed by atoms with Gasteiger partial charge in [0.15, 0.2) is 0 Å². The number of nitrogens with one attached hydrogen (secondary N) is 2. The van der Waals surface area contributed by atoms with Gasteiger partial charge in [-0.3, -0.25) is 9.78 Å². The van der Waals surface area contributed by atoms with E-state index in [0.717, 1.165) is 22.5 Å². The lowest BCUT2D eigenvalue weighted by atomic mass is 10.1. The third-order valence-corrected chi connectivity index (χ3v) is 5.04. The highest BCUT2D eigenvalue weighted by Gasteiger charge is 2.19. The minimum absolute atomic E-state index is 0.223. The molecule has 0 spiro atoms. The van der Waals surface area contributed by atoms with Gasteiger partial charge in [0, 0.05) is 34.8 Å². The highest BCUT2D eigenvalue weighted by molar-refractivity contribution is 6.02. The number of H-pyrrole nitrogens is 1. The first kappa shape index (κ1) is 18.7. The van der Waals surface area contributed by atoms with E-state index in [2.05, 4.69) is 25.4 Å². The van der Waals surface area contributed by atoms with E-state index in [0.29, 0.717) is 28.7 Å². The Morgan fingerprint density at radius 1 is 1.10 bits per heavy atom. The molecule has 2 N–H and O–H groups in total. The van der Waals surface area contributed by atoms with Crippen LogP contribution in [0.5, 0.6) is 0 Å². The molecule has 1 amide bonds. The minimum atomic E-state index is -0.223. The molecular formula is C23H19N6O2+. The third-order valence-electron chi connectivity index (χ3n) is 5.04. The summed E-state index contributed by atoms with van der Waals surface area (Å²) in [7, 11) is 0. The second-order valence-corrected chi connectivity index (χ2v) is 7.23. The number of carbonyl (C=O) groups is 1. The standard InChI is InChI=1S/C23H18N6O2/c1-14-6-8-16(23-27-21(28-31-23)17-9-7-15(2)24-12-17)11-18(14)26-22(30)19-13-25-20-5-3-4-10-29(19)20/h3-13H,1-2H3,(H,26,30)/p+1. The molecule has 8 heteroatoms. The molecule has 0 unspecified atom stereocenters. The number of amides is 1. The lowest BCUT2D eigenvalue weighted by Gasteiger charge is -2.08. The van der Waals surface area contributed by atoms with Crippen LogP contribution < -0.4 is 9.72 Å². The van der Waals surface area contributed by atoms with Gasteiger partial charge in [0.1, 0.15) is 6.20 Å². The Balaban J connectivity index is 1.43. The number of carbonyl (C=O) groups excluding carboxylic acids is 1. The number of benzene rings is 1. The number of fused-ring (bicyclic) bond motifs is 1. The molecule has 0 atom stereocenters. The van der Waals surface area contributed by atoms with Crippen LogP contribution in [0.4, 0.5) is 5.69 Å². The molecule has 8 nitrogen and oxygen atoms in total. The van der Waals surface area contributed by atoms with E-state index in [9.17, 15) is 4.79 Å². The highest BCUT2D eigenvalue weighted by atomic mass is 16.5. The maximum atomic E-state index is 12.9. The van der Waals surface area contributed by atoms with Crippen LogP contribution in [-0.2, 0) is 0 Å². The zero-order chi connectivity index (χ0) is 21.4. The van der Waals surface area contributed by atoms with Crippen molar-refractivity contribution in [3.8, 4) is 22.8 Å². The number of rotatable bonds is 4. The van der Waals surface area contributed by atoms with Crippen molar-refractivity contribution in [2.24, 2.45) is 0 Å². The zero-order valence-corrected chi connectivity index (χ0v) is 17.0. The Morgan fingerprint density at radius 3 is 2.81 bits per heavy atom. The lowest BCUT2D eigenvalue weighted by molar-refractivity contribution is -0.512. The lowest BCUT2D eigenvalue weighted by Crippen LogP contribution is -2.30. The Hall–Kier alpha value is -4.33. The molecule has 0 radical (unpaired) electrons. The molecule has 0 fully saturated rings. The maximum absolute atomic E-state index is 12.9. The number of aromatic nitrogens is 5. The average molecular weight is 411 g/mol. The van der Waals surface area contributed by atoms with E-state index in [-0.39, 0.29) is 5.91 Å². The topological polar surface area (TPSA) is 101 Å². The second-order valence-electron chi connectivity index (χ2n) is 7.23. The minimum Gasteiger partial charge on any atom is -0.334 e. The molecule has 31 heavy (non-hydrogen) atoms. The van der Waals surface area contributed by atoms with E-state index in [1.807, 2.05) is 68.6 Å². The van der Waals surface area contributed by atoms with Crippen LogP contribution in [0.15, 0.2) is 71.6 Å². The smallest absolute Gasteiger partial charge is 0.299 e. The summed E-state index contributed by atoms with van der Waals surface area (Å²) in [4.78, 5) is 24.7. The summed E-state index contributed by atoms with van der Waals surface area (Å²) < 4.78 is 7.25. The van der Waals surface area contributed by atoms with E-state index in [4.69, 9.17) is 4.52 Å². The van der Waals surface area contributed by atoms with Gasteiger partial charge < -0.3 is 9.84 Å². The highest BCUT2D eigenvalue weighted by Crippen LogP contribution is 2.26.